The fourth-order valence-electron chi connectivity index (χ4n) is 2.64. The van der Waals surface area contributed by atoms with Crippen LogP contribution in [0.5, 0.6) is 0 Å². The predicted molar refractivity (Wildman–Crippen MR) is 94.7 cm³/mol. The van der Waals surface area contributed by atoms with Gasteiger partial charge in [0.1, 0.15) is 5.82 Å². The van der Waals surface area contributed by atoms with E-state index in [-0.39, 0.29) is 11.7 Å². The zero-order valence-corrected chi connectivity index (χ0v) is 14.2. The third kappa shape index (κ3) is 4.52. The lowest BCUT2D eigenvalue weighted by molar-refractivity contribution is -0.129. The van der Waals surface area contributed by atoms with Crippen LogP contribution >= 0.6 is 11.3 Å². The molecule has 1 fully saturated rings. The summed E-state index contributed by atoms with van der Waals surface area (Å²) in [6, 6.07) is 6.31. The summed E-state index contributed by atoms with van der Waals surface area (Å²) in [6.45, 7) is 3.57. The van der Waals surface area contributed by atoms with E-state index < -0.39 is 0 Å². The number of halogens is 1. The van der Waals surface area contributed by atoms with Gasteiger partial charge < -0.3 is 15.5 Å². The van der Waals surface area contributed by atoms with Crippen molar-refractivity contribution in [2.45, 2.75) is 12.8 Å². The lowest BCUT2D eigenvalue weighted by Gasteiger charge is -2.15. The number of hydrogen-bond donors (Lipinski definition) is 2. The van der Waals surface area contributed by atoms with E-state index in [1.165, 1.54) is 23.5 Å². The second-order valence-electron chi connectivity index (χ2n) is 5.74. The van der Waals surface area contributed by atoms with Gasteiger partial charge in [-0.3, -0.25) is 4.79 Å². The van der Waals surface area contributed by atoms with Crippen LogP contribution in [0.25, 0.3) is 11.3 Å². The lowest BCUT2D eigenvalue weighted by Crippen LogP contribution is -2.37. The minimum absolute atomic E-state index is 0.181. The second-order valence-corrected chi connectivity index (χ2v) is 6.59. The zero-order valence-electron chi connectivity index (χ0n) is 13.4. The minimum Gasteiger partial charge on any atom is -0.360 e. The van der Waals surface area contributed by atoms with Crippen molar-refractivity contribution in [2.24, 2.45) is 0 Å². The van der Waals surface area contributed by atoms with E-state index in [0.29, 0.717) is 19.6 Å². The molecule has 1 aromatic heterocycles. The van der Waals surface area contributed by atoms with Gasteiger partial charge in [-0.2, -0.15) is 0 Å². The summed E-state index contributed by atoms with van der Waals surface area (Å²) >= 11 is 1.51. The number of anilines is 1. The highest BCUT2D eigenvalue weighted by Gasteiger charge is 2.16. The Morgan fingerprint density at radius 2 is 1.96 bits per heavy atom. The van der Waals surface area contributed by atoms with Crippen molar-refractivity contribution in [3.05, 3.63) is 35.5 Å². The number of nitrogens with one attached hydrogen (secondary N) is 2. The number of benzene rings is 1. The minimum atomic E-state index is -0.248. The quantitative estimate of drug-likeness (QED) is 0.755. The van der Waals surface area contributed by atoms with Gasteiger partial charge in [0.25, 0.3) is 0 Å². The van der Waals surface area contributed by atoms with E-state index in [4.69, 9.17) is 0 Å². The van der Waals surface area contributed by atoms with Gasteiger partial charge in [-0.25, -0.2) is 9.37 Å². The molecule has 2 aromatic rings. The summed E-state index contributed by atoms with van der Waals surface area (Å²) in [4.78, 5) is 18.3. The Labute approximate surface area is 144 Å². The van der Waals surface area contributed by atoms with Crippen LogP contribution in [-0.2, 0) is 4.79 Å². The molecule has 3 rings (SSSR count). The summed E-state index contributed by atoms with van der Waals surface area (Å²) in [5.41, 5.74) is 1.73. The number of amides is 1. The number of nitrogens with zero attached hydrogens (tertiary/aromatic N) is 2. The Morgan fingerprint density at radius 1 is 1.21 bits per heavy atom. The highest BCUT2D eigenvalue weighted by molar-refractivity contribution is 7.14. The van der Waals surface area contributed by atoms with E-state index in [0.717, 1.165) is 42.3 Å². The highest BCUT2D eigenvalue weighted by Crippen LogP contribution is 2.24. The summed E-state index contributed by atoms with van der Waals surface area (Å²) in [5, 5.41) is 9.16. The SMILES string of the molecule is O=C(CNCCNc1nc(-c2ccc(F)cc2)cs1)N1CCCC1. The summed E-state index contributed by atoms with van der Waals surface area (Å²) in [7, 11) is 0. The van der Waals surface area contributed by atoms with Crippen molar-refractivity contribution in [2.75, 3.05) is 38.0 Å². The molecule has 2 N–H and O–H groups in total. The normalized spacial score (nSPS) is 14.1. The fraction of sp³-hybridized carbons (Fsp3) is 0.412. The third-order valence-electron chi connectivity index (χ3n) is 3.96. The van der Waals surface area contributed by atoms with Gasteiger partial charge in [0, 0.05) is 37.1 Å². The lowest BCUT2D eigenvalue weighted by atomic mass is 10.2. The average molecular weight is 348 g/mol. The molecule has 0 spiro atoms. The molecule has 1 aliphatic rings. The summed E-state index contributed by atoms with van der Waals surface area (Å²) < 4.78 is 12.9. The van der Waals surface area contributed by atoms with Gasteiger partial charge in [0.2, 0.25) is 5.91 Å². The van der Waals surface area contributed by atoms with Crippen LogP contribution in [0.15, 0.2) is 29.6 Å². The molecule has 128 valence electrons. The number of carbonyl (C=O) groups is 1. The van der Waals surface area contributed by atoms with Crippen LogP contribution in [0.4, 0.5) is 9.52 Å². The molecule has 0 unspecified atom stereocenters. The van der Waals surface area contributed by atoms with Gasteiger partial charge in [-0.05, 0) is 37.1 Å². The van der Waals surface area contributed by atoms with Crippen molar-refractivity contribution < 1.29 is 9.18 Å². The number of carbonyl (C=O) groups excluding carboxylic acids is 1. The van der Waals surface area contributed by atoms with E-state index >= 15 is 0 Å². The van der Waals surface area contributed by atoms with Crippen molar-refractivity contribution in [1.82, 2.24) is 15.2 Å². The predicted octanol–water partition coefficient (Wildman–Crippen LogP) is 2.57. The molecule has 0 aliphatic carbocycles. The summed E-state index contributed by atoms with van der Waals surface area (Å²) in [6.07, 6.45) is 2.24. The van der Waals surface area contributed by atoms with Crippen LogP contribution in [0, 0.1) is 5.82 Å². The maximum absolute atomic E-state index is 12.9. The molecule has 1 saturated heterocycles. The summed E-state index contributed by atoms with van der Waals surface area (Å²) in [5.74, 6) is -0.0674. The van der Waals surface area contributed by atoms with Crippen LogP contribution in [-0.4, -0.2) is 48.5 Å². The first kappa shape index (κ1) is 16.9. The van der Waals surface area contributed by atoms with E-state index in [1.807, 2.05) is 10.3 Å². The molecule has 1 amide bonds. The van der Waals surface area contributed by atoms with Crippen LogP contribution in [0.1, 0.15) is 12.8 Å². The number of rotatable bonds is 7. The topological polar surface area (TPSA) is 57.3 Å². The Morgan fingerprint density at radius 3 is 2.71 bits per heavy atom. The first-order valence-corrected chi connectivity index (χ1v) is 9.04. The smallest absolute Gasteiger partial charge is 0.236 e. The molecule has 0 radical (unpaired) electrons. The molecule has 1 aliphatic heterocycles. The number of hydrogen-bond acceptors (Lipinski definition) is 5. The molecule has 7 heteroatoms. The maximum atomic E-state index is 12.9. The first-order chi connectivity index (χ1) is 11.7. The maximum Gasteiger partial charge on any atom is 0.236 e. The number of aromatic nitrogens is 1. The molecule has 0 bridgehead atoms. The van der Waals surface area contributed by atoms with Gasteiger partial charge in [0.05, 0.1) is 12.2 Å². The third-order valence-corrected chi connectivity index (χ3v) is 4.76. The fourth-order valence-corrected chi connectivity index (χ4v) is 3.39. The first-order valence-electron chi connectivity index (χ1n) is 8.16. The highest BCUT2D eigenvalue weighted by atomic mass is 32.1. The molecule has 5 nitrogen and oxygen atoms in total. The number of likely N-dealkylation sites (tertiary alicyclic amines) is 1. The largest absolute Gasteiger partial charge is 0.360 e. The van der Waals surface area contributed by atoms with Crippen molar-refractivity contribution in [1.29, 1.82) is 0 Å². The van der Waals surface area contributed by atoms with Crippen molar-refractivity contribution in [3.8, 4) is 11.3 Å². The molecule has 1 aromatic carbocycles. The average Bonchev–Trinajstić information content (AvgIpc) is 3.27. The zero-order chi connectivity index (χ0) is 16.8. The monoisotopic (exact) mass is 348 g/mol. The molecular formula is C17H21FN4OS. The van der Waals surface area contributed by atoms with Crippen LogP contribution in [0.2, 0.25) is 0 Å². The van der Waals surface area contributed by atoms with E-state index in [2.05, 4.69) is 15.6 Å². The molecule has 2 heterocycles. The standard InChI is InChI=1S/C17H21FN4OS/c18-14-5-3-13(4-6-14)15-12-24-17(21-15)20-8-7-19-11-16(23)22-9-1-2-10-22/h3-6,12,19H,1-2,7-11H2,(H,20,21). The van der Waals surface area contributed by atoms with Crippen LogP contribution in [0.3, 0.4) is 0 Å². The molecule has 24 heavy (non-hydrogen) atoms. The molecular weight excluding hydrogens is 327 g/mol. The molecule has 0 atom stereocenters. The van der Waals surface area contributed by atoms with Crippen LogP contribution < -0.4 is 10.6 Å². The Hall–Kier alpha value is -1.99. The Kier molecular flexibility index (Phi) is 5.77. The van der Waals surface area contributed by atoms with Gasteiger partial charge >= 0.3 is 0 Å². The van der Waals surface area contributed by atoms with Gasteiger partial charge in [0.15, 0.2) is 5.13 Å². The molecule has 0 saturated carbocycles. The second kappa shape index (κ2) is 8.21. The van der Waals surface area contributed by atoms with Crippen molar-refractivity contribution in [3.63, 3.8) is 0 Å². The Bertz CT molecular complexity index is 667. The van der Waals surface area contributed by atoms with Crippen molar-refractivity contribution >= 4 is 22.4 Å². The van der Waals surface area contributed by atoms with Gasteiger partial charge in [-0.1, -0.05) is 0 Å². The van der Waals surface area contributed by atoms with E-state index in [1.54, 1.807) is 12.1 Å². The Balaban J connectivity index is 1.38. The number of thiazole rings is 1. The van der Waals surface area contributed by atoms with Gasteiger partial charge in [-0.15, -0.1) is 11.3 Å². The van der Waals surface area contributed by atoms with E-state index in [9.17, 15) is 9.18 Å².